The summed E-state index contributed by atoms with van der Waals surface area (Å²) in [4.78, 5) is 15.8. The number of nitrogens with zero attached hydrogens (tertiary/aromatic N) is 4. The number of aliphatic hydroxyl groups excluding tert-OH is 1. The zero-order valence-electron chi connectivity index (χ0n) is 22.9. The van der Waals surface area contributed by atoms with Crippen LogP contribution in [-0.4, -0.2) is 82.3 Å². The van der Waals surface area contributed by atoms with Crippen LogP contribution >= 0.6 is 0 Å². The van der Waals surface area contributed by atoms with Crippen molar-refractivity contribution in [2.45, 2.75) is 54.8 Å². The van der Waals surface area contributed by atoms with Crippen molar-refractivity contribution in [1.82, 2.24) is 24.3 Å². The summed E-state index contributed by atoms with van der Waals surface area (Å²) in [6, 6.07) is 10.6. The number of aromatic nitrogens is 2. The van der Waals surface area contributed by atoms with Gasteiger partial charge in [-0.3, -0.25) is 14.4 Å². The number of aryl methyl sites for hydroxylation is 1. The Hall–Kier alpha value is -3.32. The summed E-state index contributed by atoms with van der Waals surface area (Å²) in [5.41, 5.74) is 1.57. The summed E-state index contributed by atoms with van der Waals surface area (Å²) in [7, 11) is -2.36. The molecule has 3 aliphatic heterocycles. The van der Waals surface area contributed by atoms with Gasteiger partial charge in [-0.15, -0.1) is 0 Å². The molecule has 0 aliphatic carbocycles. The van der Waals surface area contributed by atoms with Crippen LogP contribution < -0.4 is 10.1 Å². The van der Waals surface area contributed by atoms with Gasteiger partial charge in [0.05, 0.1) is 18.9 Å². The van der Waals surface area contributed by atoms with Crippen LogP contribution in [0.1, 0.15) is 31.2 Å². The number of carbonyl (C=O) groups excluding carboxylic acids is 1. The van der Waals surface area contributed by atoms with Crippen LogP contribution in [0.3, 0.4) is 0 Å². The average molecular weight is 584 g/mol. The van der Waals surface area contributed by atoms with Crippen LogP contribution in [0.5, 0.6) is 5.75 Å². The van der Waals surface area contributed by atoms with Crippen LogP contribution in [0.25, 0.3) is 11.1 Å². The molecule has 3 aromatic rings. The minimum atomic E-state index is -4.16. The van der Waals surface area contributed by atoms with E-state index in [2.05, 4.69) is 15.3 Å². The Morgan fingerprint density at radius 3 is 2.66 bits per heavy atom. The Morgan fingerprint density at radius 1 is 1.15 bits per heavy atom. The van der Waals surface area contributed by atoms with Gasteiger partial charge in [0, 0.05) is 68.9 Å². The number of nitrogens with one attached hydrogen (secondary N) is 1. The van der Waals surface area contributed by atoms with Gasteiger partial charge in [0.1, 0.15) is 22.5 Å². The van der Waals surface area contributed by atoms with Gasteiger partial charge >= 0.3 is 0 Å². The van der Waals surface area contributed by atoms with Crippen LogP contribution in [-0.2, 0) is 28.4 Å². The standard InChI is InChI=1S/C29H34FN5O5S/c1-33-17-22(16-31-33)20-6-7-27-26(14-20)40-13-10-29(32-28(37)25-15-23(36)19-35(25)41(27,38)39)8-11-34(12-9-29)18-21-4-2-3-5-24(21)30/h2-7,14,16-17,23,25,36H,8-13,15,18-19H2,1H3,(H,32,37)/t23-,25+/m1/s1. The number of fused-ring (bicyclic) bond motifs is 2. The minimum absolute atomic E-state index is 0.0184. The molecule has 1 spiro atoms. The molecule has 1 amide bonds. The molecule has 218 valence electrons. The highest BCUT2D eigenvalue weighted by Gasteiger charge is 2.47. The zero-order chi connectivity index (χ0) is 28.8. The van der Waals surface area contributed by atoms with E-state index in [4.69, 9.17) is 4.74 Å². The SMILES string of the molecule is Cn1cc(-c2ccc3c(c2)OCCC2(CCN(Cc4ccccc4F)CC2)NC(=O)[C@@H]2C[C@@H](O)CN2S3(=O)=O)cn1. The fourth-order valence-corrected chi connectivity index (χ4v) is 7.89. The highest BCUT2D eigenvalue weighted by molar-refractivity contribution is 7.89. The van der Waals surface area contributed by atoms with Gasteiger partial charge in [0.25, 0.3) is 0 Å². The maximum atomic E-state index is 14.3. The van der Waals surface area contributed by atoms with Crippen molar-refractivity contribution in [2.75, 3.05) is 26.2 Å². The zero-order valence-corrected chi connectivity index (χ0v) is 23.7. The number of amides is 1. The highest BCUT2D eigenvalue weighted by atomic mass is 32.2. The number of hydrogen-bond donors (Lipinski definition) is 2. The second-order valence-electron chi connectivity index (χ2n) is 11.3. The van der Waals surface area contributed by atoms with E-state index in [1.165, 1.54) is 12.1 Å². The second kappa shape index (κ2) is 10.8. The van der Waals surface area contributed by atoms with E-state index >= 15 is 0 Å². The number of hydrogen-bond acceptors (Lipinski definition) is 7. The Balaban J connectivity index is 1.30. The molecule has 2 atom stereocenters. The van der Waals surface area contributed by atoms with Gasteiger partial charge in [-0.25, -0.2) is 12.8 Å². The first-order valence-corrected chi connectivity index (χ1v) is 15.3. The minimum Gasteiger partial charge on any atom is -0.492 e. The molecule has 41 heavy (non-hydrogen) atoms. The Morgan fingerprint density at radius 2 is 1.93 bits per heavy atom. The van der Waals surface area contributed by atoms with Gasteiger partial charge in [-0.2, -0.15) is 9.40 Å². The molecule has 2 saturated heterocycles. The van der Waals surface area contributed by atoms with Crippen LogP contribution in [0, 0.1) is 5.82 Å². The quantitative estimate of drug-likeness (QED) is 0.486. The number of benzene rings is 2. The molecule has 2 N–H and O–H groups in total. The van der Waals surface area contributed by atoms with Gasteiger partial charge in [0.2, 0.25) is 15.9 Å². The van der Waals surface area contributed by atoms with E-state index in [-0.39, 0.29) is 36.0 Å². The Kier molecular flexibility index (Phi) is 7.35. The molecule has 1 aromatic heterocycles. The van der Waals surface area contributed by atoms with Gasteiger partial charge < -0.3 is 15.2 Å². The summed E-state index contributed by atoms with van der Waals surface area (Å²) < 4.78 is 51.0. The fraction of sp³-hybridized carbons (Fsp3) is 0.448. The average Bonchev–Trinajstić information content (AvgIpc) is 3.57. The number of piperidine rings is 1. The first kappa shape index (κ1) is 27.8. The third-order valence-corrected chi connectivity index (χ3v) is 10.4. The topological polar surface area (TPSA) is 117 Å². The van der Waals surface area contributed by atoms with Gasteiger partial charge in [-0.05, 0) is 36.6 Å². The number of aliphatic hydroxyl groups is 1. The molecular weight excluding hydrogens is 549 g/mol. The van der Waals surface area contributed by atoms with E-state index in [1.807, 2.05) is 12.3 Å². The number of sulfonamides is 1. The fourth-order valence-electron chi connectivity index (χ4n) is 6.14. The van der Waals surface area contributed by atoms with Crippen LogP contribution in [0.4, 0.5) is 4.39 Å². The van der Waals surface area contributed by atoms with Crippen molar-refractivity contribution in [1.29, 1.82) is 0 Å². The van der Waals surface area contributed by atoms with Crippen molar-refractivity contribution < 1.29 is 27.4 Å². The third-order valence-electron chi connectivity index (χ3n) is 8.50. The normalized spacial score (nSPS) is 24.6. The molecule has 2 fully saturated rings. The molecule has 0 bridgehead atoms. The van der Waals surface area contributed by atoms with E-state index < -0.39 is 33.6 Å². The van der Waals surface area contributed by atoms with Crippen molar-refractivity contribution >= 4 is 15.9 Å². The lowest BCUT2D eigenvalue weighted by Gasteiger charge is -2.43. The summed E-state index contributed by atoms with van der Waals surface area (Å²) >= 11 is 0. The molecule has 6 rings (SSSR count). The molecule has 12 heteroatoms. The van der Waals surface area contributed by atoms with Crippen LogP contribution in [0.2, 0.25) is 0 Å². The predicted octanol–water partition coefficient (Wildman–Crippen LogP) is 2.28. The van der Waals surface area contributed by atoms with Gasteiger partial charge in [-0.1, -0.05) is 24.3 Å². The molecule has 2 aromatic carbocycles. The van der Waals surface area contributed by atoms with Crippen molar-refractivity contribution in [2.24, 2.45) is 7.05 Å². The monoisotopic (exact) mass is 583 g/mol. The number of halogens is 1. The molecule has 0 saturated carbocycles. The number of rotatable bonds is 3. The maximum absolute atomic E-state index is 14.3. The van der Waals surface area contributed by atoms with E-state index in [0.717, 1.165) is 15.4 Å². The van der Waals surface area contributed by atoms with Crippen molar-refractivity contribution in [3.63, 3.8) is 0 Å². The summed E-state index contributed by atoms with van der Waals surface area (Å²) in [6.07, 6.45) is 4.26. The lowest BCUT2D eigenvalue weighted by atomic mass is 9.84. The lowest BCUT2D eigenvalue weighted by Crippen LogP contribution is -2.59. The van der Waals surface area contributed by atoms with Crippen molar-refractivity contribution in [3.8, 4) is 16.9 Å². The van der Waals surface area contributed by atoms with Gasteiger partial charge in [0.15, 0.2) is 0 Å². The largest absolute Gasteiger partial charge is 0.492 e. The van der Waals surface area contributed by atoms with E-state index in [0.29, 0.717) is 44.5 Å². The summed E-state index contributed by atoms with van der Waals surface area (Å²) in [5.74, 6) is -0.453. The number of likely N-dealkylation sites (tertiary alicyclic amines) is 1. The number of ether oxygens (including phenoxy) is 1. The van der Waals surface area contributed by atoms with Crippen molar-refractivity contribution in [3.05, 3.63) is 66.2 Å². The van der Waals surface area contributed by atoms with E-state index in [9.17, 15) is 22.7 Å². The molecule has 0 radical (unpaired) electrons. The second-order valence-corrected chi connectivity index (χ2v) is 13.1. The first-order chi connectivity index (χ1) is 19.6. The molecule has 10 nitrogen and oxygen atoms in total. The summed E-state index contributed by atoms with van der Waals surface area (Å²) in [6.45, 7) is 1.75. The highest BCUT2D eigenvalue weighted by Crippen LogP contribution is 2.37. The molecular formula is C29H34FN5O5S. The first-order valence-electron chi connectivity index (χ1n) is 13.9. The molecule has 3 aliphatic rings. The predicted molar refractivity (Wildman–Crippen MR) is 149 cm³/mol. The molecule has 4 heterocycles. The Bertz CT molecular complexity index is 1550. The molecule has 0 unspecified atom stereocenters. The summed E-state index contributed by atoms with van der Waals surface area (Å²) in [5, 5.41) is 17.9. The third kappa shape index (κ3) is 5.49. The lowest BCUT2D eigenvalue weighted by molar-refractivity contribution is -0.127. The Labute approximate surface area is 238 Å². The van der Waals surface area contributed by atoms with Crippen LogP contribution in [0.15, 0.2) is 59.8 Å². The smallest absolute Gasteiger partial charge is 0.247 e. The maximum Gasteiger partial charge on any atom is 0.247 e. The van der Waals surface area contributed by atoms with E-state index in [1.54, 1.807) is 42.2 Å². The number of carbonyl (C=O) groups is 1.